The lowest BCUT2D eigenvalue weighted by molar-refractivity contribution is -0.907. The Kier molecular flexibility index (Phi) is 19.0. The van der Waals surface area contributed by atoms with Crippen molar-refractivity contribution in [1.82, 2.24) is 9.44 Å². The largest absolute Gasteiger partial charge is 0.460 e. The minimum atomic E-state index is -8.16. The van der Waals surface area contributed by atoms with Crippen LogP contribution in [-0.2, 0) is 33.1 Å². The second kappa shape index (κ2) is 20.5. The fourth-order valence-electron chi connectivity index (χ4n) is 6.00. The molecule has 0 aliphatic heterocycles. The molecule has 1 aromatic carbocycles. The van der Waals surface area contributed by atoms with Gasteiger partial charge in [-0.2, -0.15) is 114 Å². The van der Waals surface area contributed by atoms with Crippen LogP contribution in [0.5, 0.6) is 0 Å². The van der Waals surface area contributed by atoms with Gasteiger partial charge in [0.25, 0.3) is 0 Å². The summed E-state index contributed by atoms with van der Waals surface area (Å²) >= 11 is 0. The normalized spacial score (nSPS) is 15.7. The summed E-state index contributed by atoms with van der Waals surface area (Å²) in [5.74, 6) is -81.5. The summed E-state index contributed by atoms with van der Waals surface area (Å²) in [7, 11) is -4.14. The topological polar surface area (TPSA) is 92.3 Å². The first-order valence-electron chi connectivity index (χ1n) is 19.1. The summed E-state index contributed by atoms with van der Waals surface area (Å²) < 4.78 is 399. The summed E-state index contributed by atoms with van der Waals surface area (Å²) in [6.07, 6.45) is -21.6. The monoisotopic (exact) mass is 1130 g/mol. The number of quaternary nitrogens is 2. The molecule has 0 aliphatic rings. The van der Waals surface area contributed by atoms with Crippen LogP contribution in [0, 0.1) is 0 Å². The average Bonchev–Trinajstić information content (AvgIpc) is 3.16. The van der Waals surface area contributed by atoms with Gasteiger partial charge in [-0.25, -0.2) is 26.3 Å². The number of rotatable bonds is 28. The predicted molar refractivity (Wildman–Crippen MR) is 191 cm³/mol. The SMILES string of the molecule is C[N+](C)(CCCNS(=O)(=O)CCC(F)(F)C(F)(F)C(F)(F)C(F)(F)C(F)(F)C(F)(F)F)Cc1ccccc1C[N+](C)(C)CCCNS(=O)(=O)CCC(F)(F)C(F)(F)C(F)(F)C(F)(F)C(F)(F)C(F)(F)F. The van der Waals surface area contributed by atoms with Crippen molar-refractivity contribution in [1.29, 1.82) is 0 Å². The van der Waals surface area contributed by atoms with Crippen LogP contribution in [0.4, 0.5) is 114 Å². The van der Waals surface area contributed by atoms with Gasteiger partial charge >= 0.3 is 71.6 Å². The van der Waals surface area contributed by atoms with E-state index in [0.29, 0.717) is 11.1 Å². The molecular weight excluding hydrogens is 1090 g/mol. The Morgan fingerprint density at radius 2 is 0.643 bits per heavy atom. The molecule has 8 nitrogen and oxygen atoms in total. The highest BCUT2D eigenvalue weighted by molar-refractivity contribution is 7.89. The van der Waals surface area contributed by atoms with Gasteiger partial charge in [0.2, 0.25) is 20.0 Å². The summed E-state index contributed by atoms with van der Waals surface area (Å²) in [4.78, 5) is 0. The lowest BCUT2D eigenvalue weighted by Crippen LogP contribution is -2.70. The van der Waals surface area contributed by atoms with Crippen LogP contribution >= 0.6 is 0 Å². The van der Waals surface area contributed by atoms with Crippen molar-refractivity contribution in [3.63, 3.8) is 0 Å². The van der Waals surface area contributed by atoms with Gasteiger partial charge in [0.15, 0.2) is 0 Å². The van der Waals surface area contributed by atoms with Gasteiger partial charge in [0.1, 0.15) is 13.1 Å². The van der Waals surface area contributed by atoms with Gasteiger partial charge in [-0.05, 0) is 0 Å². The van der Waals surface area contributed by atoms with Crippen LogP contribution in [0.25, 0.3) is 0 Å². The van der Waals surface area contributed by atoms with E-state index in [0.717, 1.165) is 0 Å². The van der Waals surface area contributed by atoms with E-state index in [1.165, 1.54) is 0 Å². The van der Waals surface area contributed by atoms with E-state index in [4.69, 9.17) is 0 Å². The molecule has 36 heteroatoms. The molecule has 1 rings (SSSR count). The number of hydrogen-bond donors (Lipinski definition) is 2. The lowest BCUT2D eigenvalue weighted by atomic mass is 9.93. The van der Waals surface area contributed by atoms with Crippen molar-refractivity contribution < 1.29 is 140 Å². The third-order valence-corrected chi connectivity index (χ3v) is 13.0. The van der Waals surface area contributed by atoms with Gasteiger partial charge in [-0.15, -0.1) is 0 Å². The minimum Gasteiger partial charge on any atom is -0.325 e. The maximum atomic E-state index is 14.1. The molecule has 0 bridgehead atoms. The molecular formula is C34H42F26N4O4S2+2. The van der Waals surface area contributed by atoms with Crippen LogP contribution < -0.4 is 9.44 Å². The van der Waals surface area contributed by atoms with Crippen LogP contribution in [0.1, 0.15) is 36.8 Å². The highest BCUT2D eigenvalue weighted by atomic mass is 32.2. The molecule has 0 saturated carbocycles. The van der Waals surface area contributed by atoms with Gasteiger partial charge in [0.05, 0.1) is 52.8 Å². The number of alkyl halides is 26. The molecule has 0 spiro atoms. The lowest BCUT2D eigenvalue weighted by Gasteiger charge is -2.39. The first kappa shape index (κ1) is 65.2. The smallest absolute Gasteiger partial charge is 0.325 e. The quantitative estimate of drug-likeness (QED) is 0.0497. The summed E-state index contributed by atoms with van der Waals surface area (Å²) in [5.41, 5.74) is 1.17. The summed E-state index contributed by atoms with van der Waals surface area (Å²) in [6.45, 7) is -1.19. The summed E-state index contributed by atoms with van der Waals surface area (Å²) in [6, 6.07) is 6.32. The third kappa shape index (κ3) is 13.6. The zero-order chi connectivity index (χ0) is 55.9. The van der Waals surface area contributed by atoms with Gasteiger partial charge in [-0.1, -0.05) is 24.3 Å². The van der Waals surface area contributed by atoms with Gasteiger partial charge < -0.3 is 8.97 Å². The molecule has 414 valence electrons. The highest BCUT2D eigenvalue weighted by Crippen LogP contribution is 2.62. The second-order valence-electron chi connectivity index (χ2n) is 17.0. The number of nitrogens with one attached hydrogen (secondary N) is 2. The van der Waals surface area contributed by atoms with Gasteiger partial charge in [0, 0.05) is 49.9 Å². The van der Waals surface area contributed by atoms with Crippen LogP contribution in [-0.4, -0.2) is 163 Å². The molecule has 0 aliphatic carbocycles. The average molecular weight is 1130 g/mol. The van der Waals surface area contributed by atoms with E-state index >= 15 is 0 Å². The van der Waals surface area contributed by atoms with Crippen molar-refractivity contribution in [2.75, 3.05) is 65.9 Å². The minimum absolute atomic E-state index is 0.00925. The molecule has 1 aromatic rings. The molecule has 0 heterocycles. The van der Waals surface area contributed by atoms with Crippen molar-refractivity contribution in [2.24, 2.45) is 0 Å². The van der Waals surface area contributed by atoms with Crippen LogP contribution in [0.2, 0.25) is 0 Å². The van der Waals surface area contributed by atoms with E-state index in [1.54, 1.807) is 61.9 Å². The Bertz CT molecular complexity index is 2000. The molecule has 0 atom stereocenters. The van der Waals surface area contributed by atoms with Crippen LogP contribution in [0.15, 0.2) is 24.3 Å². The first-order chi connectivity index (χ1) is 30.5. The fourth-order valence-corrected chi connectivity index (χ4v) is 8.25. The number of halogens is 26. The van der Waals surface area contributed by atoms with E-state index in [2.05, 4.69) is 0 Å². The van der Waals surface area contributed by atoms with Crippen molar-refractivity contribution in [3.05, 3.63) is 35.4 Å². The third-order valence-electron chi connectivity index (χ3n) is 10.2. The standard InChI is InChI=1S/C34H42F26N4O4S2/c1-63(2,15-7-13-61-69(65,66)17-11-23(35,36)25(39,40)27(43,44)29(47,48)31(51,52)33(55,56)57)19-21-9-5-6-10-22(21)20-64(3,4)16-8-14-62-70(67,68)18-12-24(37,38)26(41,42)28(45,46)30(49,50)32(53,54)34(58,59)60/h5-6,9-10,61-62H,7-8,11-20H2,1-4H3/q+2. The molecule has 0 radical (unpaired) electrons. The number of nitrogens with zero attached hydrogens (tertiary/aromatic N) is 2. The Morgan fingerprint density at radius 3 is 0.886 bits per heavy atom. The molecule has 0 fully saturated rings. The number of sulfonamides is 2. The molecule has 0 amide bonds. The Morgan fingerprint density at radius 1 is 0.400 bits per heavy atom. The molecule has 0 saturated heterocycles. The van der Waals surface area contributed by atoms with E-state index in [9.17, 15) is 131 Å². The van der Waals surface area contributed by atoms with E-state index in [-0.39, 0.29) is 48.0 Å². The Hall–Kier alpha value is -2.86. The number of benzene rings is 1. The fraction of sp³-hybridized carbons (Fsp3) is 0.824. The molecule has 70 heavy (non-hydrogen) atoms. The Balaban J connectivity index is 2.89. The van der Waals surface area contributed by atoms with Crippen molar-refractivity contribution in [2.45, 2.75) is 110 Å². The number of hydrogen-bond acceptors (Lipinski definition) is 4. The predicted octanol–water partition coefficient (Wildman–Crippen LogP) is 9.72. The molecule has 0 aromatic heterocycles. The maximum absolute atomic E-state index is 14.1. The Labute approximate surface area is 381 Å². The van der Waals surface area contributed by atoms with Crippen molar-refractivity contribution >= 4 is 20.0 Å². The molecule has 2 N–H and O–H groups in total. The van der Waals surface area contributed by atoms with Crippen LogP contribution in [0.3, 0.4) is 0 Å². The van der Waals surface area contributed by atoms with E-state index < -0.39 is 129 Å². The zero-order valence-electron chi connectivity index (χ0n) is 36.0. The first-order valence-corrected chi connectivity index (χ1v) is 22.4. The second-order valence-corrected chi connectivity index (χ2v) is 20.9. The van der Waals surface area contributed by atoms with Crippen molar-refractivity contribution in [3.8, 4) is 0 Å². The summed E-state index contributed by atoms with van der Waals surface area (Å²) in [5, 5.41) is 0. The van der Waals surface area contributed by atoms with Gasteiger partial charge in [-0.3, -0.25) is 0 Å². The zero-order valence-corrected chi connectivity index (χ0v) is 37.6. The van der Waals surface area contributed by atoms with E-state index in [1.807, 2.05) is 0 Å². The maximum Gasteiger partial charge on any atom is 0.460 e. The molecule has 0 unspecified atom stereocenters. The highest BCUT2D eigenvalue weighted by Gasteiger charge is 2.92.